The maximum Gasteiger partial charge on any atom is 0.289 e. The lowest BCUT2D eigenvalue weighted by Gasteiger charge is -2.19. The molecule has 3 rings (SSSR count). The predicted octanol–water partition coefficient (Wildman–Crippen LogP) is 4.84. The van der Waals surface area contributed by atoms with Crippen molar-refractivity contribution in [1.29, 1.82) is 0 Å². The van der Waals surface area contributed by atoms with Crippen LogP contribution in [-0.4, -0.2) is 51.4 Å². The minimum Gasteiger partial charge on any atom is -0.464 e. The van der Waals surface area contributed by atoms with Crippen LogP contribution in [0.25, 0.3) is 6.08 Å². The molecule has 9 nitrogen and oxygen atoms in total. The molecule has 43 heavy (non-hydrogen) atoms. The van der Waals surface area contributed by atoms with Gasteiger partial charge in [0.15, 0.2) is 25.1 Å². The molecule has 0 aliphatic carbocycles. The van der Waals surface area contributed by atoms with E-state index >= 15 is 0 Å². The van der Waals surface area contributed by atoms with E-state index in [1.165, 1.54) is 14.2 Å². The van der Waals surface area contributed by atoms with E-state index in [2.05, 4.69) is 10.6 Å². The molecule has 0 fully saturated rings. The largest absolute Gasteiger partial charge is 0.464 e. The van der Waals surface area contributed by atoms with Crippen molar-refractivity contribution in [2.45, 2.75) is 45.2 Å². The van der Waals surface area contributed by atoms with Crippen LogP contribution in [0.4, 0.5) is 0 Å². The number of ether oxygens (including phenoxy) is 4. The van der Waals surface area contributed by atoms with Crippen LogP contribution in [0, 0.1) is 0 Å². The molecule has 3 aromatic rings. The van der Waals surface area contributed by atoms with Crippen LogP contribution < -0.4 is 20.1 Å². The molecular formula is C34H40N2O7. The Balaban J connectivity index is 1.85. The van der Waals surface area contributed by atoms with Gasteiger partial charge in [0, 0.05) is 32.8 Å². The van der Waals surface area contributed by atoms with E-state index in [1.807, 2.05) is 67.6 Å². The fourth-order valence-corrected chi connectivity index (χ4v) is 4.24. The number of unbranched alkanes of at least 4 members (excludes halogenated alkanes) is 1. The first-order chi connectivity index (χ1) is 20.9. The molecule has 2 amide bonds. The third kappa shape index (κ3) is 11.0. The van der Waals surface area contributed by atoms with Crippen molar-refractivity contribution < 1.29 is 33.3 Å². The average molecular weight is 589 g/mol. The molecule has 1 atom stereocenters. The van der Waals surface area contributed by atoms with Crippen molar-refractivity contribution in [3.8, 4) is 11.5 Å². The first kappa shape index (κ1) is 33.0. The Labute approximate surface area is 253 Å². The lowest BCUT2D eigenvalue weighted by Crippen LogP contribution is -2.49. The van der Waals surface area contributed by atoms with Gasteiger partial charge >= 0.3 is 0 Å². The van der Waals surface area contributed by atoms with Gasteiger partial charge in [-0.15, -0.1) is 0 Å². The molecule has 0 spiro atoms. The van der Waals surface area contributed by atoms with Crippen molar-refractivity contribution in [2.24, 2.45) is 0 Å². The molecule has 0 radical (unpaired) electrons. The molecule has 0 bridgehead atoms. The van der Waals surface area contributed by atoms with E-state index in [-0.39, 0.29) is 26.6 Å². The quantitative estimate of drug-likeness (QED) is 0.124. The molecule has 0 aliphatic rings. The summed E-state index contributed by atoms with van der Waals surface area (Å²) < 4.78 is 21.3. The van der Waals surface area contributed by atoms with E-state index < -0.39 is 23.6 Å². The highest BCUT2D eigenvalue weighted by molar-refractivity contribution is 6.38. The summed E-state index contributed by atoms with van der Waals surface area (Å²) in [6.07, 6.45) is 4.03. The number of rotatable bonds is 18. The number of methoxy groups -OCH3 is 2. The van der Waals surface area contributed by atoms with Crippen LogP contribution in [0.1, 0.15) is 42.9 Å². The number of hydrogen-bond donors (Lipinski definition) is 2. The lowest BCUT2D eigenvalue weighted by atomic mass is 9.99. The number of benzene rings is 3. The minimum absolute atomic E-state index is 0.00923. The van der Waals surface area contributed by atoms with Gasteiger partial charge in [-0.1, -0.05) is 80.1 Å². The Morgan fingerprint density at radius 3 is 2.05 bits per heavy atom. The summed E-state index contributed by atoms with van der Waals surface area (Å²) in [4.78, 5) is 40.0. The Morgan fingerprint density at radius 2 is 1.42 bits per heavy atom. The zero-order valence-corrected chi connectivity index (χ0v) is 25.0. The van der Waals surface area contributed by atoms with Gasteiger partial charge in [0.25, 0.3) is 5.91 Å². The lowest BCUT2D eigenvalue weighted by molar-refractivity contribution is -0.139. The summed E-state index contributed by atoms with van der Waals surface area (Å²) in [5, 5.41) is 5.54. The number of carbonyl (C=O) groups is 3. The third-order valence-electron chi connectivity index (χ3n) is 6.49. The van der Waals surface area contributed by atoms with Crippen LogP contribution in [0.2, 0.25) is 0 Å². The van der Waals surface area contributed by atoms with Crippen molar-refractivity contribution in [3.05, 3.63) is 101 Å². The molecule has 0 saturated carbocycles. The van der Waals surface area contributed by atoms with Crippen molar-refractivity contribution in [3.63, 3.8) is 0 Å². The summed E-state index contributed by atoms with van der Waals surface area (Å²) in [6.45, 7) is 2.29. The second-order valence-corrected chi connectivity index (χ2v) is 9.83. The Bertz CT molecular complexity index is 1340. The Hall–Kier alpha value is -4.47. The van der Waals surface area contributed by atoms with Gasteiger partial charge in [-0.3, -0.25) is 14.4 Å². The van der Waals surface area contributed by atoms with Gasteiger partial charge in [0.1, 0.15) is 6.04 Å². The first-order valence-electron chi connectivity index (χ1n) is 14.2. The average Bonchev–Trinajstić information content (AvgIpc) is 3.04. The number of nitrogens with one attached hydrogen (secondary N) is 2. The zero-order chi connectivity index (χ0) is 30.9. The maximum atomic E-state index is 13.7. The van der Waals surface area contributed by atoms with E-state index in [9.17, 15) is 14.4 Å². The molecule has 3 aromatic carbocycles. The summed E-state index contributed by atoms with van der Waals surface area (Å²) in [6, 6.07) is 22.8. The van der Waals surface area contributed by atoms with E-state index in [4.69, 9.17) is 18.9 Å². The number of Topliss-reactive ketones (excluding diaryl/α,β-unsaturated/α-hetero) is 1. The SMILES string of the molecule is CCCC/C(=C\c1ccc(OCOC)c(OCOC)c1)C(=O)N[C@@H](Cc1ccccc1)C(=O)C(=O)NCc1ccccc1. The second kappa shape index (κ2) is 18.1. The molecule has 0 heterocycles. The summed E-state index contributed by atoms with van der Waals surface area (Å²) in [5.74, 6) is -0.993. The number of hydrogen-bond acceptors (Lipinski definition) is 7. The summed E-state index contributed by atoms with van der Waals surface area (Å²) in [7, 11) is 3.04. The highest BCUT2D eigenvalue weighted by Gasteiger charge is 2.28. The molecule has 2 N–H and O–H groups in total. The van der Waals surface area contributed by atoms with Gasteiger partial charge in [-0.05, 0) is 47.7 Å². The summed E-state index contributed by atoms with van der Waals surface area (Å²) in [5.41, 5.74) is 2.86. The molecule has 0 aromatic heterocycles. The molecule has 0 saturated heterocycles. The van der Waals surface area contributed by atoms with Crippen LogP contribution in [0.15, 0.2) is 84.4 Å². The Kier molecular flexibility index (Phi) is 13.9. The van der Waals surface area contributed by atoms with Crippen molar-refractivity contribution in [2.75, 3.05) is 27.8 Å². The standard InChI is InChI=1S/C34H40N2O7/c1-4-5-16-28(19-27-17-18-30(42-23-40-2)31(21-27)43-24-41-3)33(38)36-29(20-25-12-8-6-9-13-25)32(37)34(39)35-22-26-14-10-7-11-15-26/h6-15,17-19,21,29H,4-5,16,20,22-24H2,1-3H3,(H,35,39)(H,36,38)/b28-19+/t29-/m0/s1. The van der Waals surface area contributed by atoms with Crippen LogP contribution >= 0.6 is 0 Å². The molecule has 228 valence electrons. The molecule has 0 aliphatic heterocycles. The molecule has 0 unspecified atom stereocenters. The van der Waals surface area contributed by atoms with E-state index in [0.29, 0.717) is 29.1 Å². The van der Waals surface area contributed by atoms with Crippen LogP contribution in [0.3, 0.4) is 0 Å². The first-order valence-corrected chi connectivity index (χ1v) is 14.2. The molecule has 9 heteroatoms. The Morgan fingerprint density at radius 1 is 0.791 bits per heavy atom. The van der Waals surface area contributed by atoms with Gasteiger partial charge in [0.2, 0.25) is 11.7 Å². The van der Waals surface area contributed by atoms with Crippen LogP contribution in [-0.2, 0) is 36.8 Å². The van der Waals surface area contributed by atoms with Gasteiger partial charge in [-0.2, -0.15) is 0 Å². The maximum absolute atomic E-state index is 13.7. The van der Waals surface area contributed by atoms with E-state index in [0.717, 1.165) is 24.0 Å². The zero-order valence-electron chi connectivity index (χ0n) is 25.0. The van der Waals surface area contributed by atoms with Crippen molar-refractivity contribution >= 4 is 23.7 Å². The van der Waals surface area contributed by atoms with Crippen molar-refractivity contribution in [1.82, 2.24) is 10.6 Å². The highest BCUT2D eigenvalue weighted by Crippen LogP contribution is 2.30. The van der Waals surface area contributed by atoms with Crippen LogP contribution in [0.5, 0.6) is 11.5 Å². The molecular weight excluding hydrogens is 548 g/mol. The predicted molar refractivity (Wildman–Crippen MR) is 164 cm³/mol. The second-order valence-electron chi connectivity index (χ2n) is 9.83. The monoisotopic (exact) mass is 588 g/mol. The highest BCUT2D eigenvalue weighted by atomic mass is 16.7. The topological polar surface area (TPSA) is 112 Å². The van der Waals surface area contributed by atoms with Gasteiger partial charge in [-0.25, -0.2) is 0 Å². The van der Waals surface area contributed by atoms with E-state index in [1.54, 1.807) is 24.3 Å². The minimum atomic E-state index is -1.05. The normalized spacial score (nSPS) is 11.8. The van der Waals surface area contributed by atoms with Gasteiger partial charge < -0.3 is 29.6 Å². The number of carbonyl (C=O) groups excluding carboxylic acids is 3. The fourth-order valence-electron chi connectivity index (χ4n) is 4.24. The fraction of sp³-hybridized carbons (Fsp3) is 0.324. The third-order valence-corrected chi connectivity index (χ3v) is 6.49. The van der Waals surface area contributed by atoms with Gasteiger partial charge in [0.05, 0.1) is 0 Å². The smallest absolute Gasteiger partial charge is 0.289 e. The summed E-state index contributed by atoms with van der Waals surface area (Å²) >= 11 is 0. The number of amides is 2. The number of ketones is 1.